The highest BCUT2D eigenvalue weighted by Crippen LogP contribution is 2.38. The molecule has 0 aliphatic carbocycles. The van der Waals surface area contributed by atoms with Crippen molar-refractivity contribution < 1.29 is 32.3 Å². The molecule has 13 heteroatoms. The Balaban J connectivity index is 1.50. The number of hydrogen-bond acceptors (Lipinski definition) is 5. The van der Waals surface area contributed by atoms with Crippen molar-refractivity contribution in [1.82, 2.24) is 0 Å². The largest absolute Gasteiger partial charge is 0.495 e. The fourth-order valence-corrected chi connectivity index (χ4v) is 4.14. The summed E-state index contributed by atoms with van der Waals surface area (Å²) in [6, 6.07) is 13.0. The first-order valence-electron chi connectivity index (χ1n) is 10.6. The van der Waals surface area contributed by atoms with Crippen LogP contribution in [-0.2, 0) is 15.8 Å². The van der Waals surface area contributed by atoms with Crippen LogP contribution in [0.25, 0.3) is 0 Å². The van der Waals surface area contributed by atoms with Crippen molar-refractivity contribution in [2.75, 3.05) is 22.6 Å². The lowest BCUT2D eigenvalue weighted by atomic mass is 10.1. The van der Waals surface area contributed by atoms with Crippen LogP contribution in [0.3, 0.4) is 0 Å². The number of imide groups is 1. The molecule has 0 atom stereocenters. The standard InChI is InChI=1S/C25H15Cl3F3N3O4/c1-38-19-9-4-13(26)10-18(19)34-23(36)20(28)21(24(34)37)32-14-5-2-12(3-6-14)22(35)33-15-7-8-17(27)16(11-15)25(29,30)31/h2-11,32H,1H3,(H,33,35). The number of alkyl halides is 3. The maximum Gasteiger partial charge on any atom is 0.417 e. The van der Waals surface area contributed by atoms with E-state index in [9.17, 15) is 27.6 Å². The minimum atomic E-state index is -4.69. The van der Waals surface area contributed by atoms with Crippen molar-refractivity contribution >= 4 is 69.6 Å². The number of amides is 3. The van der Waals surface area contributed by atoms with Crippen molar-refractivity contribution in [2.24, 2.45) is 0 Å². The van der Waals surface area contributed by atoms with E-state index in [2.05, 4.69) is 10.6 Å². The van der Waals surface area contributed by atoms with Gasteiger partial charge in [-0.05, 0) is 60.7 Å². The van der Waals surface area contributed by atoms with Gasteiger partial charge in [0.05, 0.1) is 23.4 Å². The molecular weight excluding hydrogens is 570 g/mol. The van der Waals surface area contributed by atoms with Crippen LogP contribution in [0.5, 0.6) is 5.75 Å². The average molecular weight is 585 g/mol. The van der Waals surface area contributed by atoms with Crippen LogP contribution in [0.15, 0.2) is 71.4 Å². The van der Waals surface area contributed by atoms with Crippen LogP contribution in [-0.4, -0.2) is 24.8 Å². The summed E-state index contributed by atoms with van der Waals surface area (Å²) in [5.74, 6) is -2.02. The lowest BCUT2D eigenvalue weighted by Crippen LogP contribution is -2.32. The van der Waals surface area contributed by atoms with Crippen LogP contribution >= 0.6 is 34.8 Å². The number of carbonyl (C=O) groups excluding carboxylic acids is 3. The molecule has 196 valence electrons. The minimum Gasteiger partial charge on any atom is -0.495 e. The van der Waals surface area contributed by atoms with Gasteiger partial charge in [-0.15, -0.1) is 0 Å². The normalized spacial score (nSPS) is 13.7. The van der Waals surface area contributed by atoms with Gasteiger partial charge in [0.25, 0.3) is 17.7 Å². The van der Waals surface area contributed by atoms with E-state index < -0.39 is 34.5 Å². The van der Waals surface area contributed by atoms with Crippen LogP contribution in [0.1, 0.15) is 15.9 Å². The summed E-state index contributed by atoms with van der Waals surface area (Å²) in [6.07, 6.45) is -4.69. The molecule has 3 aromatic carbocycles. The molecule has 0 radical (unpaired) electrons. The van der Waals surface area contributed by atoms with Gasteiger partial charge in [0.15, 0.2) is 0 Å². The Morgan fingerprint density at radius 1 is 0.895 bits per heavy atom. The fraction of sp³-hybridized carbons (Fsp3) is 0.0800. The van der Waals surface area contributed by atoms with Crippen LogP contribution in [0, 0.1) is 0 Å². The van der Waals surface area contributed by atoms with Crippen molar-refractivity contribution in [2.45, 2.75) is 6.18 Å². The first-order valence-corrected chi connectivity index (χ1v) is 11.7. The Labute approximate surface area is 228 Å². The van der Waals surface area contributed by atoms with Crippen LogP contribution < -0.4 is 20.3 Å². The summed E-state index contributed by atoms with van der Waals surface area (Å²) in [4.78, 5) is 39.2. The van der Waals surface area contributed by atoms with Gasteiger partial charge in [0, 0.05) is 22.0 Å². The first kappa shape index (κ1) is 27.3. The van der Waals surface area contributed by atoms with Crippen molar-refractivity contribution in [3.63, 3.8) is 0 Å². The molecule has 1 aliphatic heterocycles. The molecule has 0 saturated heterocycles. The Hall–Kier alpha value is -3.73. The lowest BCUT2D eigenvalue weighted by Gasteiger charge is -2.18. The second kappa shape index (κ2) is 10.6. The van der Waals surface area contributed by atoms with E-state index in [0.29, 0.717) is 5.69 Å². The zero-order chi connectivity index (χ0) is 27.8. The average Bonchev–Trinajstić information content (AvgIpc) is 3.07. The molecule has 7 nitrogen and oxygen atoms in total. The maximum absolute atomic E-state index is 13.1. The first-order chi connectivity index (χ1) is 17.9. The van der Waals surface area contributed by atoms with E-state index in [1.54, 1.807) is 0 Å². The zero-order valence-corrected chi connectivity index (χ0v) is 21.4. The predicted molar refractivity (Wildman–Crippen MR) is 138 cm³/mol. The van der Waals surface area contributed by atoms with Crippen molar-refractivity contribution in [3.05, 3.63) is 92.6 Å². The topological polar surface area (TPSA) is 87.7 Å². The number of ether oxygens (including phenoxy) is 1. The molecule has 1 heterocycles. The molecule has 0 fully saturated rings. The predicted octanol–water partition coefficient (Wildman–Crippen LogP) is 6.71. The van der Waals surface area contributed by atoms with Gasteiger partial charge in [-0.3, -0.25) is 14.4 Å². The van der Waals surface area contributed by atoms with Crippen LogP contribution in [0.4, 0.5) is 30.2 Å². The van der Waals surface area contributed by atoms with Crippen LogP contribution in [0.2, 0.25) is 10.0 Å². The molecular formula is C25H15Cl3F3N3O4. The highest BCUT2D eigenvalue weighted by Gasteiger charge is 2.40. The van der Waals surface area contributed by atoms with E-state index in [1.165, 1.54) is 55.6 Å². The smallest absolute Gasteiger partial charge is 0.417 e. The Kier molecular flexibility index (Phi) is 7.59. The molecule has 0 aromatic heterocycles. The molecule has 38 heavy (non-hydrogen) atoms. The van der Waals surface area contributed by atoms with Gasteiger partial charge in [-0.2, -0.15) is 13.2 Å². The number of carbonyl (C=O) groups is 3. The number of halogens is 6. The molecule has 3 aromatic rings. The number of anilines is 3. The van der Waals surface area contributed by atoms with E-state index in [0.717, 1.165) is 17.0 Å². The summed E-state index contributed by atoms with van der Waals surface area (Å²) in [6.45, 7) is 0. The summed E-state index contributed by atoms with van der Waals surface area (Å²) in [5.41, 5.74) is -0.871. The fourth-order valence-electron chi connectivity index (χ4n) is 3.54. The second-order valence-electron chi connectivity index (χ2n) is 7.80. The summed E-state index contributed by atoms with van der Waals surface area (Å²) in [5, 5.41) is 4.53. The van der Waals surface area contributed by atoms with Gasteiger partial charge < -0.3 is 15.4 Å². The number of nitrogens with one attached hydrogen (secondary N) is 2. The number of nitrogens with zero attached hydrogens (tertiary/aromatic N) is 1. The van der Waals surface area contributed by atoms with Crippen molar-refractivity contribution in [3.8, 4) is 5.75 Å². The summed E-state index contributed by atoms with van der Waals surface area (Å²) in [7, 11) is 1.37. The SMILES string of the molecule is COc1ccc(Cl)cc1N1C(=O)C(Cl)=C(Nc2ccc(C(=O)Nc3ccc(Cl)c(C(F)(F)F)c3)cc2)C1=O. The number of hydrogen-bond donors (Lipinski definition) is 2. The third kappa shape index (κ3) is 5.42. The highest BCUT2D eigenvalue weighted by atomic mass is 35.5. The number of rotatable bonds is 6. The molecule has 0 bridgehead atoms. The van der Waals surface area contributed by atoms with Gasteiger partial charge in [0.2, 0.25) is 0 Å². The van der Waals surface area contributed by atoms with E-state index >= 15 is 0 Å². The second-order valence-corrected chi connectivity index (χ2v) is 9.02. The number of benzene rings is 3. The monoisotopic (exact) mass is 583 g/mol. The van der Waals surface area contributed by atoms with E-state index in [1.807, 2.05) is 0 Å². The highest BCUT2D eigenvalue weighted by molar-refractivity contribution is 6.53. The molecule has 3 amide bonds. The van der Waals surface area contributed by atoms with E-state index in [4.69, 9.17) is 39.5 Å². The molecule has 2 N–H and O–H groups in total. The number of methoxy groups -OCH3 is 1. The Morgan fingerprint density at radius 3 is 2.18 bits per heavy atom. The summed E-state index contributed by atoms with van der Waals surface area (Å²) < 4.78 is 44.5. The lowest BCUT2D eigenvalue weighted by molar-refractivity contribution is -0.137. The summed E-state index contributed by atoms with van der Waals surface area (Å²) >= 11 is 17.8. The molecule has 0 saturated carbocycles. The third-order valence-corrected chi connectivity index (χ3v) is 6.27. The van der Waals surface area contributed by atoms with Gasteiger partial charge in [0.1, 0.15) is 16.5 Å². The minimum absolute atomic E-state index is 0.0996. The molecule has 4 rings (SSSR count). The van der Waals surface area contributed by atoms with Crippen molar-refractivity contribution in [1.29, 1.82) is 0 Å². The zero-order valence-electron chi connectivity index (χ0n) is 19.1. The Morgan fingerprint density at radius 2 is 1.55 bits per heavy atom. The van der Waals surface area contributed by atoms with Gasteiger partial charge in [-0.25, -0.2) is 4.90 Å². The third-order valence-electron chi connectivity index (χ3n) is 5.36. The molecule has 0 unspecified atom stereocenters. The van der Waals surface area contributed by atoms with Gasteiger partial charge >= 0.3 is 6.18 Å². The maximum atomic E-state index is 13.1. The van der Waals surface area contributed by atoms with E-state index in [-0.39, 0.29) is 38.4 Å². The molecule has 0 spiro atoms. The van der Waals surface area contributed by atoms with Gasteiger partial charge in [-0.1, -0.05) is 34.8 Å². The quantitative estimate of drug-likeness (QED) is 0.315. The molecule has 1 aliphatic rings. The Bertz CT molecular complexity index is 1490.